The van der Waals surface area contributed by atoms with Crippen LogP contribution in [-0.2, 0) is 21.3 Å². The summed E-state index contributed by atoms with van der Waals surface area (Å²) < 4.78 is 16.2. The van der Waals surface area contributed by atoms with Crippen LogP contribution in [0.5, 0.6) is 0 Å². The van der Waals surface area contributed by atoms with Gasteiger partial charge in [-0.3, -0.25) is 14.3 Å². The summed E-state index contributed by atoms with van der Waals surface area (Å²) in [6, 6.07) is 10.5. The number of nitrogens with zero attached hydrogens (tertiary/aromatic N) is 3. The lowest BCUT2D eigenvalue weighted by molar-refractivity contribution is 0.0580. The Balaban J connectivity index is 1.48. The molecule has 1 aromatic carbocycles. The molecule has 0 unspecified atom stereocenters. The van der Waals surface area contributed by atoms with E-state index in [-0.39, 0.29) is 0 Å². The third-order valence-electron chi connectivity index (χ3n) is 5.09. The fourth-order valence-corrected chi connectivity index (χ4v) is 9.83. The highest BCUT2D eigenvalue weighted by atomic mass is 32.4. The molecule has 146 valence electrons. The van der Waals surface area contributed by atoms with Gasteiger partial charge in [0, 0.05) is 54.6 Å². The molecule has 3 heterocycles. The number of thioether (sulfide) groups is 1. The molecule has 0 spiro atoms. The molecule has 27 heavy (non-hydrogen) atoms. The third-order valence-corrected chi connectivity index (χ3v) is 11.8. The maximum absolute atomic E-state index is 6.38. The highest BCUT2D eigenvalue weighted by Crippen LogP contribution is 2.54. The van der Waals surface area contributed by atoms with Crippen molar-refractivity contribution >= 4 is 40.8 Å². The second kappa shape index (κ2) is 9.31. The average molecular weight is 424 g/mol. The van der Waals surface area contributed by atoms with Gasteiger partial charge >= 0.3 is 0 Å². The Morgan fingerprint density at radius 3 is 2.26 bits per heavy atom. The van der Waals surface area contributed by atoms with Gasteiger partial charge in [-0.25, -0.2) is 0 Å². The van der Waals surface area contributed by atoms with Crippen molar-refractivity contribution in [3.63, 3.8) is 0 Å². The van der Waals surface area contributed by atoms with Gasteiger partial charge in [-0.15, -0.1) is 11.8 Å². The smallest absolute Gasteiger partial charge is 0.0837 e. The molecule has 2 aliphatic rings. The van der Waals surface area contributed by atoms with E-state index in [0.29, 0.717) is 0 Å². The lowest BCUT2D eigenvalue weighted by atomic mass is 10.2. The van der Waals surface area contributed by atoms with Crippen LogP contribution in [0.3, 0.4) is 0 Å². The van der Waals surface area contributed by atoms with E-state index in [1.54, 1.807) is 0 Å². The maximum Gasteiger partial charge on any atom is 0.0837 e. The number of ether oxygens (including phenoxy) is 2. The number of morpholine rings is 2. The molecule has 1 aromatic heterocycles. The predicted octanol–water partition coefficient (Wildman–Crippen LogP) is 3.30. The molecule has 8 heteroatoms. The van der Waals surface area contributed by atoms with Crippen molar-refractivity contribution in [3.8, 4) is 0 Å². The summed E-state index contributed by atoms with van der Waals surface area (Å²) in [5, 5.41) is 1.20. The highest BCUT2D eigenvalue weighted by Gasteiger charge is 2.34. The monoisotopic (exact) mass is 423 g/mol. The molecule has 0 aliphatic carbocycles. The van der Waals surface area contributed by atoms with Crippen molar-refractivity contribution in [2.45, 2.75) is 4.90 Å². The van der Waals surface area contributed by atoms with Crippen LogP contribution >= 0.6 is 18.1 Å². The number of para-hydroxylation sites is 1. The Hall–Kier alpha value is -0.530. The zero-order valence-electron chi connectivity index (χ0n) is 15.5. The minimum atomic E-state index is -1.77. The van der Waals surface area contributed by atoms with Crippen LogP contribution in [0, 0.1) is 0 Å². The van der Waals surface area contributed by atoms with Crippen molar-refractivity contribution in [2.75, 3.05) is 64.5 Å². The molecule has 2 fully saturated rings. The van der Waals surface area contributed by atoms with Gasteiger partial charge in [0.15, 0.2) is 0 Å². The number of benzene rings is 1. The third kappa shape index (κ3) is 4.56. The molecule has 2 aromatic rings. The summed E-state index contributed by atoms with van der Waals surface area (Å²) in [6.45, 7) is 6.99. The van der Waals surface area contributed by atoms with E-state index >= 15 is 0 Å². The summed E-state index contributed by atoms with van der Waals surface area (Å²) in [5.74, 6) is 1.02. The van der Waals surface area contributed by atoms with E-state index in [2.05, 4.69) is 38.6 Å². The number of hydrogen-bond donors (Lipinski definition) is 0. The standard InChI is InChI=1S/C19H26N3O2PS2/c26-25(21-7-11-23-12-8-21,22-9-13-24-14-10-22)15-16-27-18-5-1-3-17-4-2-6-20-19(17)18/h1-6H,7-16H2. The number of aromatic nitrogens is 1. The quantitative estimate of drug-likeness (QED) is 0.521. The summed E-state index contributed by atoms with van der Waals surface area (Å²) in [6.07, 6.45) is 1.14. The molecule has 0 bridgehead atoms. The van der Waals surface area contributed by atoms with Crippen molar-refractivity contribution in [2.24, 2.45) is 0 Å². The first-order valence-corrected chi connectivity index (χ1v) is 13.4. The van der Waals surface area contributed by atoms with Crippen LogP contribution in [0.25, 0.3) is 10.9 Å². The SMILES string of the molecule is S=P(CCSc1cccc2cccnc12)(N1CCOCC1)N1CCOCC1. The first-order chi connectivity index (χ1) is 13.3. The molecular formula is C19H26N3O2PS2. The molecule has 0 atom stereocenters. The number of rotatable bonds is 6. The summed E-state index contributed by atoms with van der Waals surface area (Å²) >= 11 is 8.26. The van der Waals surface area contributed by atoms with E-state index in [1.807, 2.05) is 24.0 Å². The van der Waals surface area contributed by atoms with Crippen LogP contribution in [0.1, 0.15) is 0 Å². The fourth-order valence-electron chi connectivity index (χ4n) is 3.66. The number of fused-ring (bicyclic) bond motifs is 1. The predicted molar refractivity (Wildman–Crippen MR) is 116 cm³/mol. The number of pyridine rings is 1. The Kier molecular flexibility index (Phi) is 6.82. The van der Waals surface area contributed by atoms with Gasteiger partial charge in [-0.1, -0.05) is 30.0 Å². The fraction of sp³-hybridized carbons (Fsp3) is 0.526. The molecule has 5 nitrogen and oxygen atoms in total. The van der Waals surface area contributed by atoms with Crippen molar-refractivity contribution in [1.82, 2.24) is 14.3 Å². The highest BCUT2D eigenvalue weighted by molar-refractivity contribution is 8.12. The van der Waals surface area contributed by atoms with Gasteiger partial charge < -0.3 is 9.47 Å². The van der Waals surface area contributed by atoms with E-state index in [1.165, 1.54) is 10.3 Å². The van der Waals surface area contributed by atoms with Crippen molar-refractivity contribution < 1.29 is 9.47 Å². The Bertz CT molecular complexity index is 783. The van der Waals surface area contributed by atoms with Crippen molar-refractivity contribution in [3.05, 3.63) is 36.5 Å². The normalized spacial score (nSPS) is 20.1. The van der Waals surface area contributed by atoms with Gasteiger partial charge in [0.1, 0.15) is 0 Å². The molecule has 0 saturated carbocycles. The average Bonchev–Trinajstić information content (AvgIpc) is 2.75. The van der Waals surface area contributed by atoms with Crippen LogP contribution in [-0.4, -0.2) is 78.8 Å². The molecule has 0 radical (unpaired) electrons. The van der Waals surface area contributed by atoms with Gasteiger partial charge in [-0.05, 0) is 12.1 Å². The van der Waals surface area contributed by atoms with Gasteiger partial charge in [-0.2, -0.15) is 0 Å². The largest absolute Gasteiger partial charge is 0.379 e. The van der Waals surface area contributed by atoms with Gasteiger partial charge in [0.05, 0.1) is 38.3 Å². The molecule has 2 saturated heterocycles. The Labute approximate surface area is 170 Å². The lowest BCUT2D eigenvalue weighted by Crippen LogP contribution is -2.44. The van der Waals surface area contributed by atoms with Crippen LogP contribution in [0.2, 0.25) is 0 Å². The zero-order valence-corrected chi connectivity index (χ0v) is 18.0. The van der Waals surface area contributed by atoms with Crippen LogP contribution in [0.4, 0.5) is 0 Å². The van der Waals surface area contributed by atoms with E-state index in [4.69, 9.17) is 21.3 Å². The molecule has 2 aliphatic heterocycles. The molecule has 0 N–H and O–H groups in total. The second-order valence-corrected chi connectivity index (χ2v) is 12.5. The summed E-state index contributed by atoms with van der Waals surface area (Å²) in [4.78, 5) is 5.83. The minimum absolute atomic E-state index is 0.795. The number of hydrogen-bond acceptors (Lipinski definition) is 5. The molecule has 4 rings (SSSR count). The summed E-state index contributed by atoms with van der Waals surface area (Å²) in [7, 11) is 0. The van der Waals surface area contributed by atoms with E-state index in [9.17, 15) is 0 Å². The Morgan fingerprint density at radius 1 is 0.963 bits per heavy atom. The molecule has 0 amide bonds. The van der Waals surface area contributed by atoms with Gasteiger partial charge in [0.2, 0.25) is 0 Å². The minimum Gasteiger partial charge on any atom is -0.379 e. The van der Waals surface area contributed by atoms with Crippen molar-refractivity contribution in [1.29, 1.82) is 0 Å². The zero-order chi connectivity index (χ0) is 18.5. The second-order valence-electron chi connectivity index (χ2n) is 6.70. The Morgan fingerprint density at radius 2 is 1.59 bits per heavy atom. The van der Waals surface area contributed by atoms with E-state index < -0.39 is 6.34 Å². The molecular weight excluding hydrogens is 397 g/mol. The van der Waals surface area contributed by atoms with E-state index in [0.717, 1.165) is 70.0 Å². The van der Waals surface area contributed by atoms with Crippen LogP contribution < -0.4 is 0 Å². The lowest BCUT2D eigenvalue weighted by Gasteiger charge is -2.45. The van der Waals surface area contributed by atoms with Crippen LogP contribution in [0.15, 0.2) is 41.4 Å². The first-order valence-electron chi connectivity index (χ1n) is 9.49. The summed E-state index contributed by atoms with van der Waals surface area (Å²) in [5.41, 5.74) is 1.09. The first kappa shape index (κ1) is 19.8. The topological polar surface area (TPSA) is 37.8 Å². The van der Waals surface area contributed by atoms with Gasteiger partial charge in [0.25, 0.3) is 0 Å². The maximum atomic E-state index is 6.38.